The molecule has 43 heavy (non-hydrogen) atoms. The van der Waals surface area contributed by atoms with Gasteiger partial charge in [0, 0.05) is 24.7 Å². The van der Waals surface area contributed by atoms with E-state index in [1.54, 1.807) is 17.1 Å². The van der Waals surface area contributed by atoms with Crippen molar-refractivity contribution in [1.29, 1.82) is 0 Å². The third-order valence-electron chi connectivity index (χ3n) is 7.25. The van der Waals surface area contributed by atoms with Crippen molar-refractivity contribution in [2.75, 3.05) is 27.3 Å². The van der Waals surface area contributed by atoms with Crippen LogP contribution in [0.25, 0.3) is 0 Å². The largest absolute Gasteiger partial charge is 0.493 e. The van der Waals surface area contributed by atoms with Gasteiger partial charge in [0.05, 0.1) is 15.6 Å². The molecular weight excluding hydrogens is 548 g/mol. The Morgan fingerprint density at radius 3 is 2.30 bits per heavy atom. The molecule has 1 heterocycles. The Hall–Kier alpha value is -3.79. The van der Waals surface area contributed by atoms with E-state index in [9.17, 15) is 14.4 Å². The molecular formula is C33H48N4O6. The first-order valence-electron chi connectivity index (χ1n) is 15.5. The predicted molar refractivity (Wildman–Crippen MR) is 166 cm³/mol. The van der Waals surface area contributed by atoms with Gasteiger partial charge in [-0.1, -0.05) is 58.0 Å². The van der Waals surface area contributed by atoms with E-state index in [2.05, 4.69) is 29.9 Å². The van der Waals surface area contributed by atoms with Crippen molar-refractivity contribution in [3.63, 3.8) is 0 Å². The van der Waals surface area contributed by atoms with Gasteiger partial charge in [-0.3, -0.25) is 15.0 Å². The van der Waals surface area contributed by atoms with Gasteiger partial charge in [-0.25, -0.2) is 9.80 Å². The second kappa shape index (κ2) is 16.7. The summed E-state index contributed by atoms with van der Waals surface area (Å²) in [7, 11) is 2.98. The highest BCUT2D eigenvalue weighted by Crippen LogP contribution is 2.28. The highest BCUT2D eigenvalue weighted by molar-refractivity contribution is 5.98. The Morgan fingerprint density at radius 2 is 1.65 bits per heavy atom. The SMILES string of the molecule is [3H][C@@](CC(C)C)(NC(=O)c1ccc(OC)c(OC)c1)C(=O)NN1CC[C@@H](C[C@H](CC(C)C)NC(=O)OCc2ccccc2)C1. The highest BCUT2D eigenvalue weighted by atomic mass is 16.5. The molecule has 3 atom stereocenters. The molecule has 3 rings (SSSR count). The van der Waals surface area contributed by atoms with Crippen molar-refractivity contribution < 1.29 is 30.0 Å². The number of benzene rings is 2. The van der Waals surface area contributed by atoms with Gasteiger partial charge in [0.15, 0.2) is 11.5 Å². The zero-order valence-corrected chi connectivity index (χ0v) is 26.3. The number of nitrogens with zero attached hydrogens (tertiary/aromatic N) is 1. The van der Waals surface area contributed by atoms with Crippen molar-refractivity contribution in [2.45, 2.75) is 72.0 Å². The molecule has 10 nitrogen and oxygen atoms in total. The lowest BCUT2D eigenvalue weighted by molar-refractivity contribution is -0.127. The monoisotopic (exact) mass is 598 g/mol. The minimum absolute atomic E-state index is 0.0280. The van der Waals surface area contributed by atoms with Crippen LogP contribution in [-0.4, -0.2) is 62.3 Å². The number of hydrazine groups is 1. The Balaban J connectivity index is 1.59. The number of nitrogens with one attached hydrogen (secondary N) is 3. The van der Waals surface area contributed by atoms with Crippen LogP contribution >= 0.6 is 0 Å². The molecule has 1 fully saturated rings. The first-order valence-corrected chi connectivity index (χ1v) is 15.0. The maximum absolute atomic E-state index is 13.5. The van der Waals surface area contributed by atoms with Crippen molar-refractivity contribution in [2.24, 2.45) is 17.8 Å². The summed E-state index contributed by atoms with van der Waals surface area (Å²) in [6, 6.07) is 12.3. The van der Waals surface area contributed by atoms with E-state index < -0.39 is 23.9 Å². The fourth-order valence-electron chi connectivity index (χ4n) is 5.25. The number of hydrogen-bond donors (Lipinski definition) is 3. The molecule has 1 aliphatic rings. The van der Waals surface area contributed by atoms with Crippen molar-refractivity contribution in [3.05, 3.63) is 59.7 Å². The van der Waals surface area contributed by atoms with Gasteiger partial charge in [-0.15, -0.1) is 0 Å². The molecule has 3 N–H and O–H groups in total. The van der Waals surface area contributed by atoms with E-state index in [1.807, 2.05) is 44.2 Å². The molecule has 3 amide bonds. The lowest BCUT2D eigenvalue weighted by atomic mass is 9.93. The zero-order chi connectivity index (χ0) is 32.3. The van der Waals surface area contributed by atoms with Crippen LogP contribution in [0.3, 0.4) is 0 Å². The van der Waals surface area contributed by atoms with Gasteiger partial charge in [0.25, 0.3) is 11.8 Å². The normalized spacial score (nSPS) is 17.5. The molecule has 10 heteroatoms. The number of amides is 3. The van der Waals surface area contributed by atoms with Crippen LogP contribution in [0.1, 0.15) is 70.7 Å². The number of carbonyl (C=O) groups excluding carboxylic acids is 3. The molecule has 0 aromatic heterocycles. The van der Waals surface area contributed by atoms with E-state index in [-0.39, 0.29) is 36.5 Å². The standard InChI is InChI=1S/C33H48N4O6/c1-22(2)16-27(34-33(40)43-21-24-10-8-7-9-11-24)18-25-14-15-37(20-25)36-32(39)28(17-23(3)4)35-31(38)26-12-13-29(41-5)30(19-26)42-6/h7-13,19,22-23,25,27-28H,14-18,20-21H2,1-6H3,(H,34,40)(H,35,38)(H,36,39)/t25-,27-,28-/m0/s1/i28T. The summed E-state index contributed by atoms with van der Waals surface area (Å²) in [4.78, 5) is 39.2. The number of hydrogen-bond acceptors (Lipinski definition) is 7. The average Bonchev–Trinajstić information content (AvgIpc) is 3.41. The second-order valence-corrected chi connectivity index (χ2v) is 11.9. The molecule has 1 aliphatic heterocycles. The number of alkyl carbamates (subject to hydrolysis) is 1. The second-order valence-electron chi connectivity index (χ2n) is 11.9. The minimum atomic E-state index is -1.89. The van der Waals surface area contributed by atoms with Crippen LogP contribution in [0.15, 0.2) is 48.5 Å². The van der Waals surface area contributed by atoms with Crippen molar-refractivity contribution in [3.8, 4) is 11.5 Å². The van der Waals surface area contributed by atoms with Gasteiger partial charge >= 0.3 is 6.09 Å². The van der Waals surface area contributed by atoms with E-state index in [1.165, 1.54) is 20.3 Å². The summed E-state index contributed by atoms with van der Waals surface area (Å²) in [5, 5.41) is 7.49. The van der Waals surface area contributed by atoms with Crippen LogP contribution in [0, 0.1) is 17.8 Å². The number of rotatable bonds is 15. The quantitative estimate of drug-likeness (QED) is 0.266. The Labute approximate surface area is 257 Å². The average molecular weight is 599 g/mol. The summed E-state index contributed by atoms with van der Waals surface area (Å²) in [5.41, 5.74) is 4.06. The third-order valence-corrected chi connectivity index (χ3v) is 7.25. The molecule has 1 saturated heterocycles. The number of carbonyl (C=O) groups is 3. The van der Waals surface area contributed by atoms with Gasteiger partial charge in [-0.2, -0.15) is 0 Å². The molecule has 0 saturated carbocycles. The Bertz CT molecular complexity index is 1240. The maximum Gasteiger partial charge on any atom is 0.407 e. The van der Waals surface area contributed by atoms with Crippen molar-refractivity contribution in [1.82, 2.24) is 21.1 Å². The van der Waals surface area contributed by atoms with E-state index >= 15 is 0 Å². The lowest BCUT2D eigenvalue weighted by Crippen LogP contribution is -2.52. The first kappa shape index (κ1) is 32.1. The van der Waals surface area contributed by atoms with Crippen LogP contribution in [-0.2, 0) is 16.1 Å². The topological polar surface area (TPSA) is 118 Å². The molecule has 236 valence electrons. The minimum Gasteiger partial charge on any atom is -0.493 e. The van der Waals surface area contributed by atoms with Gasteiger partial charge in [0.2, 0.25) is 0 Å². The van der Waals surface area contributed by atoms with E-state index in [4.69, 9.17) is 15.6 Å². The molecule has 2 aromatic rings. The van der Waals surface area contributed by atoms with E-state index in [0.717, 1.165) is 24.8 Å². The van der Waals surface area contributed by atoms with Crippen LogP contribution in [0.5, 0.6) is 11.5 Å². The number of methoxy groups -OCH3 is 2. The molecule has 0 bridgehead atoms. The fourth-order valence-corrected chi connectivity index (χ4v) is 5.25. The summed E-state index contributed by atoms with van der Waals surface area (Å²) >= 11 is 0. The summed E-state index contributed by atoms with van der Waals surface area (Å²) < 4.78 is 25.0. The molecule has 2 aromatic carbocycles. The highest BCUT2D eigenvalue weighted by Gasteiger charge is 2.30. The van der Waals surface area contributed by atoms with Crippen LogP contribution < -0.4 is 25.5 Å². The predicted octanol–water partition coefficient (Wildman–Crippen LogP) is 4.93. The van der Waals surface area contributed by atoms with Gasteiger partial charge in [-0.05, 0) is 67.2 Å². The van der Waals surface area contributed by atoms with Gasteiger partial charge < -0.3 is 24.8 Å². The summed E-state index contributed by atoms with van der Waals surface area (Å²) in [5.74, 6) is 0.266. The third kappa shape index (κ3) is 11.1. The lowest BCUT2D eigenvalue weighted by Gasteiger charge is -2.25. The van der Waals surface area contributed by atoms with Crippen LogP contribution in [0.4, 0.5) is 4.79 Å². The molecule has 0 aliphatic carbocycles. The fraction of sp³-hybridized carbons (Fsp3) is 0.545. The number of ether oxygens (including phenoxy) is 3. The Kier molecular flexibility index (Phi) is 12.5. The summed E-state index contributed by atoms with van der Waals surface area (Å²) in [6.45, 7) is 9.41. The zero-order valence-electron chi connectivity index (χ0n) is 27.3. The van der Waals surface area contributed by atoms with Gasteiger partial charge in [0.1, 0.15) is 12.6 Å². The first-order chi connectivity index (χ1) is 20.9. The maximum atomic E-state index is 13.5. The van der Waals surface area contributed by atoms with Crippen molar-refractivity contribution >= 4 is 17.9 Å². The molecule has 0 unspecified atom stereocenters. The van der Waals surface area contributed by atoms with Crippen LogP contribution in [0.2, 0.25) is 0 Å². The smallest absolute Gasteiger partial charge is 0.407 e. The molecule has 0 radical (unpaired) electrons. The summed E-state index contributed by atoms with van der Waals surface area (Å²) in [6.07, 6.45) is 2.04. The Morgan fingerprint density at radius 1 is 0.953 bits per heavy atom. The molecule has 0 spiro atoms. The van der Waals surface area contributed by atoms with E-state index in [0.29, 0.717) is 30.5 Å².